The lowest BCUT2D eigenvalue weighted by atomic mass is 9.70. The van der Waals surface area contributed by atoms with Gasteiger partial charge in [-0.05, 0) is 81.0 Å². The third-order valence-corrected chi connectivity index (χ3v) is 9.04. The Balaban J connectivity index is 1.42. The van der Waals surface area contributed by atoms with Crippen LogP contribution in [0.3, 0.4) is 0 Å². The lowest BCUT2D eigenvalue weighted by Gasteiger charge is -2.36. The Kier molecular flexibility index (Phi) is 5.90. The van der Waals surface area contributed by atoms with Gasteiger partial charge in [-0.1, -0.05) is 44.2 Å². The van der Waals surface area contributed by atoms with E-state index >= 15 is 4.39 Å². The van der Waals surface area contributed by atoms with Gasteiger partial charge >= 0.3 is 0 Å². The summed E-state index contributed by atoms with van der Waals surface area (Å²) in [4.78, 5) is 0. The second-order valence-corrected chi connectivity index (χ2v) is 11.3. The standard InChI is InChI=1S/C32H37FNO/c1-20-9-18-28(34(3)19-20)29-21(2)10-15-25-26-16-17-27(33)30(32(26)35-31(25)29)24-13-11-23(12-14-24)22-7-5-4-6-8-22/h9-10,15-19,22-24H,4-8,11-14H2,1-3H3/q+1. The van der Waals surface area contributed by atoms with Crippen LogP contribution in [-0.2, 0) is 7.05 Å². The molecule has 2 heterocycles. The largest absolute Gasteiger partial charge is 0.455 e. The van der Waals surface area contributed by atoms with Gasteiger partial charge < -0.3 is 4.42 Å². The van der Waals surface area contributed by atoms with E-state index in [0.29, 0.717) is 0 Å². The number of furan rings is 1. The highest BCUT2D eigenvalue weighted by molar-refractivity contribution is 6.10. The summed E-state index contributed by atoms with van der Waals surface area (Å²) in [7, 11) is 2.08. The Morgan fingerprint density at radius 3 is 2.20 bits per heavy atom. The van der Waals surface area contributed by atoms with Crippen molar-refractivity contribution in [2.45, 2.75) is 77.6 Å². The molecule has 0 atom stereocenters. The molecule has 0 N–H and O–H groups in total. The molecule has 0 aliphatic heterocycles. The van der Waals surface area contributed by atoms with Gasteiger partial charge in [0, 0.05) is 28.0 Å². The Labute approximate surface area is 208 Å². The van der Waals surface area contributed by atoms with E-state index in [0.717, 1.165) is 63.4 Å². The maximum absolute atomic E-state index is 15.4. The molecular weight excluding hydrogens is 433 g/mol. The molecule has 2 aromatic heterocycles. The first kappa shape index (κ1) is 22.8. The van der Waals surface area contributed by atoms with Gasteiger partial charge in [0.1, 0.15) is 24.0 Å². The molecule has 2 nitrogen and oxygen atoms in total. The van der Waals surface area contributed by atoms with Crippen LogP contribution in [0.4, 0.5) is 4.39 Å². The van der Waals surface area contributed by atoms with Crippen LogP contribution in [0.25, 0.3) is 33.2 Å². The highest BCUT2D eigenvalue weighted by atomic mass is 19.1. The van der Waals surface area contributed by atoms with E-state index < -0.39 is 0 Å². The first-order valence-electron chi connectivity index (χ1n) is 13.6. The Morgan fingerprint density at radius 2 is 1.46 bits per heavy atom. The zero-order valence-corrected chi connectivity index (χ0v) is 21.4. The smallest absolute Gasteiger partial charge is 0.216 e. The van der Waals surface area contributed by atoms with E-state index in [1.807, 2.05) is 6.07 Å². The maximum atomic E-state index is 15.4. The van der Waals surface area contributed by atoms with Crippen LogP contribution < -0.4 is 4.57 Å². The molecule has 2 aliphatic carbocycles. The van der Waals surface area contributed by atoms with Crippen LogP contribution in [-0.4, -0.2) is 0 Å². The molecule has 3 heteroatoms. The summed E-state index contributed by atoms with van der Waals surface area (Å²) in [6.07, 6.45) is 13.8. The van der Waals surface area contributed by atoms with Crippen molar-refractivity contribution in [3.63, 3.8) is 0 Å². The van der Waals surface area contributed by atoms with Gasteiger partial charge in [0.15, 0.2) is 6.20 Å². The fourth-order valence-electron chi connectivity index (χ4n) is 7.19. The van der Waals surface area contributed by atoms with Crippen molar-refractivity contribution in [1.29, 1.82) is 0 Å². The fourth-order valence-corrected chi connectivity index (χ4v) is 7.19. The van der Waals surface area contributed by atoms with Gasteiger partial charge in [0.25, 0.3) is 0 Å². The zero-order chi connectivity index (χ0) is 24.1. The first-order chi connectivity index (χ1) is 17.0. The van der Waals surface area contributed by atoms with Crippen LogP contribution in [0.5, 0.6) is 0 Å². The van der Waals surface area contributed by atoms with Crippen LogP contribution in [0.1, 0.15) is 80.4 Å². The molecule has 6 rings (SSSR count). The summed E-state index contributed by atoms with van der Waals surface area (Å²) < 4.78 is 24.3. The van der Waals surface area contributed by atoms with Crippen molar-refractivity contribution < 1.29 is 13.4 Å². The van der Waals surface area contributed by atoms with Crippen LogP contribution >= 0.6 is 0 Å². The van der Waals surface area contributed by atoms with Gasteiger partial charge in [-0.3, -0.25) is 0 Å². The van der Waals surface area contributed by atoms with Crippen LogP contribution in [0.15, 0.2) is 47.0 Å². The van der Waals surface area contributed by atoms with Crippen LogP contribution in [0.2, 0.25) is 0 Å². The summed E-state index contributed by atoms with van der Waals surface area (Å²) >= 11 is 0. The number of aromatic nitrogens is 1. The van der Waals surface area contributed by atoms with E-state index in [9.17, 15) is 0 Å². The van der Waals surface area contributed by atoms with Crippen molar-refractivity contribution >= 4 is 21.9 Å². The average Bonchev–Trinajstić information content (AvgIpc) is 3.24. The topological polar surface area (TPSA) is 17.0 Å². The molecule has 35 heavy (non-hydrogen) atoms. The minimum atomic E-state index is -0.100. The van der Waals surface area contributed by atoms with E-state index in [-0.39, 0.29) is 11.7 Å². The molecule has 2 saturated carbocycles. The van der Waals surface area contributed by atoms with E-state index in [1.165, 1.54) is 56.1 Å². The average molecular weight is 471 g/mol. The fraction of sp³-hybridized carbons (Fsp3) is 0.469. The number of aryl methyl sites for hydroxylation is 3. The van der Waals surface area contributed by atoms with Crippen molar-refractivity contribution in [3.05, 3.63) is 65.1 Å². The normalized spacial score (nSPS) is 21.7. The van der Waals surface area contributed by atoms with Crippen molar-refractivity contribution in [3.8, 4) is 11.3 Å². The maximum Gasteiger partial charge on any atom is 0.216 e. The number of hydrogen-bond acceptors (Lipinski definition) is 1. The van der Waals surface area contributed by atoms with Crippen LogP contribution in [0, 0.1) is 31.5 Å². The highest BCUT2D eigenvalue weighted by Crippen LogP contribution is 2.47. The molecule has 4 aromatic rings. The Bertz CT molecular complexity index is 1390. The lowest BCUT2D eigenvalue weighted by molar-refractivity contribution is -0.660. The summed E-state index contributed by atoms with van der Waals surface area (Å²) in [5.41, 5.74) is 7.08. The van der Waals surface area contributed by atoms with E-state index in [1.54, 1.807) is 6.07 Å². The summed E-state index contributed by atoms with van der Waals surface area (Å²) in [6, 6.07) is 12.2. The Morgan fingerprint density at radius 1 is 0.771 bits per heavy atom. The molecule has 0 radical (unpaired) electrons. The molecule has 0 spiro atoms. The molecule has 2 aliphatic rings. The summed E-state index contributed by atoms with van der Waals surface area (Å²) in [5, 5.41) is 2.13. The third kappa shape index (κ3) is 3.97. The minimum absolute atomic E-state index is 0.100. The first-order valence-corrected chi connectivity index (χ1v) is 13.6. The number of nitrogens with zero attached hydrogens (tertiary/aromatic N) is 1. The monoisotopic (exact) mass is 470 g/mol. The lowest BCUT2D eigenvalue weighted by Crippen LogP contribution is -2.31. The second kappa shape index (κ2) is 9.08. The molecule has 0 saturated heterocycles. The molecule has 2 fully saturated rings. The predicted octanol–water partition coefficient (Wildman–Crippen LogP) is 8.69. The molecular formula is C32H37FNO+. The zero-order valence-electron chi connectivity index (χ0n) is 21.4. The Hall–Kier alpha value is -2.68. The van der Waals surface area contributed by atoms with Gasteiger partial charge in [-0.2, -0.15) is 0 Å². The summed E-state index contributed by atoms with van der Waals surface area (Å²) in [5.74, 6) is 1.88. The molecule has 182 valence electrons. The van der Waals surface area contributed by atoms with Gasteiger partial charge in [0.2, 0.25) is 5.69 Å². The second-order valence-electron chi connectivity index (χ2n) is 11.3. The van der Waals surface area contributed by atoms with E-state index in [4.69, 9.17) is 4.42 Å². The molecule has 0 unspecified atom stereocenters. The van der Waals surface area contributed by atoms with Crippen molar-refractivity contribution in [2.75, 3.05) is 0 Å². The molecule has 0 amide bonds. The SMILES string of the molecule is Cc1ccc(-c2c(C)ccc3c2oc2c(C4CCC(C5CCCCC5)CC4)c(F)ccc23)[n+](C)c1. The molecule has 2 aromatic carbocycles. The number of benzene rings is 2. The number of rotatable bonds is 3. The number of fused-ring (bicyclic) bond motifs is 3. The number of pyridine rings is 1. The van der Waals surface area contributed by atoms with Crippen molar-refractivity contribution in [2.24, 2.45) is 18.9 Å². The number of hydrogen-bond donors (Lipinski definition) is 0. The highest BCUT2D eigenvalue weighted by Gasteiger charge is 2.32. The van der Waals surface area contributed by atoms with Gasteiger partial charge in [0.05, 0.1) is 5.56 Å². The van der Waals surface area contributed by atoms with E-state index in [2.05, 4.69) is 55.9 Å². The number of halogens is 1. The summed E-state index contributed by atoms with van der Waals surface area (Å²) in [6.45, 7) is 4.24. The quantitative estimate of drug-likeness (QED) is 0.274. The predicted molar refractivity (Wildman–Crippen MR) is 141 cm³/mol. The van der Waals surface area contributed by atoms with Crippen molar-refractivity contribution in [1.82, 2.24) is 0 Å². The minimum Gasteiger partial charge on any atom is -0.455 e. The third-order valence-electron chi connectivity index (χ3n) is 9.04. The van der Waals surface area contributed by atoms with Gasteiger partial charge in [-0.25, -0.2) is 8.96 Å². The van der Waals surface area contributed by atoms with Gasteiger partial charge in [-0.15, -0.1) is 0 Å². The molecule has 0 bridgehead atoms.